The molecule has 1 saturated heterocycles. The molecule has 2 rings (SSSR count). The van der Waals surface area contributed by atoms with E-state index in [0.29, 0.717) is 23.1 Å². The number of carbonyl (C=O) groups excluding carboxylic acids is 2. The van der Waals surface area contributed by atoms with E-state index in [1.807, 2.05) is 6.07 Å². The summed E-state index contributed by atoms with van der Waals surface area (Å²) in [6, 6.07) is 4.40. The standard InChI is InChI=1S/C12H9ClN2O3/c1-7-10(3-2-8(4-14)11(7)13)15-9(5-16)6-18-12(15)17/h2-3,5,9H,6H2,1H3. The Hall–Kier alpha value is -2.06. The van der Waals surface area contributed by atoms with E-state index in [2.05, 4.69) is 0 Å². The first-order valence-corrected chi connectivity index (χ1v) is 5.58. The van der Waals surface area contributed by atoms with Crippen LogP contribution in [0.5, 0.6) is 0 Å². The first-order chi connectivity index (χ1) is 8.60. The summed E-state index contributed by atoms with van der Waals surface area (Å²) < 4.78 is 4.82. The highest BCUT2D eigenvalue weighted by Gasteiger charge is 2.35. The molecule has 18 heavy (non-hydrogen) atoms. The van der Waals surface area contributed by atoms with Gasteiger partial charge in [-0.1, -0.05) is 11.6 Å². The van der Waals surface area contributed by atoms with E-state index in [-0.39, 0.29) is 11.6 Å². The van der Waals surface area contributed by atoms with Gasteiger partial charge in [0.2, 0.25) is 0 Å². The van der Waals surface area contributed by atoms with Crippen molar-refractivity contribution in [2.75, 3.05) is 11.5 Å². The third-order valence-electron chi connectivity index (χ3n) is 2.80. The highest BCUT2D eigenvalue weighted by molar-refractivity contribution is 6.33. The lowest BCUT2D eigenvalue weighted by atomic mass is 10.1. The van der Waals surface area contributed by atoms with Gasteiger partial charge < -0.3 is 9.53 Å². The molecule has 5 nitrogen and oxygen atoms in total. The van der Waals surface area contributed by atoms with E-state index in [1.54, 1.807) is 13.0 Å². The normalized spacial score (nSPS) is 18.4. The topological polar surface area (TPSA) is 70.4 Å². The second-order valence-corrected chi connectivity index (χ2v) is 4.21. The van der Waals surface area contributed by atoms with E-state index >= 15 is 0 Å². The lowest BCUT2D eigenvalue weighted by Gasteiger charge is -2.20. The molecule has 92 valence electrons. The van der Waals surface area contributed by atoms with Crippen molar-refractivity contribution < 1.29 is 14.3 Å². The molecule has 0 aliphatic carbocycles. The van der Waals surface area contributed by atoms with Gasteiger partial charge in [0, 0.05) is 0 Å². The highest BCUT2D eigenvalue weighted by atomic mass is 35.5. The summed E-state index contributed by atoms with van der Waals surface area (Å²) in [7, 11) is 0. The number of amides is 1. The zero-order valence-corrected chi connectivity index (χ0v) is 10.3. The Morgan fingerprint density at radius 1 is 1.61 bits per heavy atom. The van der Waals surface area contributed by atoms with Crippen LogP contribution in [-0.2, 0) is 9.53 Å². The molecule has 0 N–H and O–H groups in total. The Bertz CT molecular complexity index is 565. The van der Waals surface area contributed by atoms with Crippen molar-refractivity contribution in [3.05, 3.63) is 28.3 Å². The van der Waals surface area contributed by atoms with Crippen molar-refractivity contribution in [3.8, 4) is 6.07 Å². The summed E-state index contributed by atoms with van der Waals surface area (Å²) >= 11 is 6.03. The minimum absolute atomic E-state index is 0.0272. The maximum Gasteiger partial charge on any atom is 0.415 e. The molecule has 1 fully saturated rings. The predicted octanol–water partition coefficient (Wildman–Crippen LogP) is 2.04. The van der Waals surface area contributed by atoms with Gasteiger partial charge in [-0.2, -0.15) is 5.26 Å². The maximum absolute atomic E-state index is 11.6. The molecule has 1 aromatic rings. The third kappa shape index (κ3) is 1.81. The molecule has 0 spiro atoms. The molecule has 1 atom stereocenters. The lowest BCUT2D eigenvalue weighted by Crippen LogP contribution is -2.35. The van der Waals surface area contributed by atoms with Crippen LogP contribution in [0.1, 0.15) is 11.1 Å². The smallest absolute Gasteiger partial charge is 0.415 e. The molecule has 1 unspecified atom stereocenters. The summed E-state index contributed by atoms with van der Waals surface area (Å²) in [5.41, 5.74) is 1.38. The van der Waals surface area contributed by atoms with Crippen LogP contribution in [-0.4, -0.2) is 25.0 Å². The van der Waals surface area contributed by atoms with Crippen molar-refractivity contribution in [3.63, 3.8) is 0 Å². The van der Waals surface area contributed by atoms with Crippen molar-refractivity contribution in [1.82, 2.24) is 0 Å². The molecule has 0 aromatic heterocycles. The fourth-order valence-corrected chi connectivity index (χ4v) is 2.04. The Labute approximate surface area is 109 Å². The number of hydrogen-bond donors (Lipinski definition) is 0. The summed E-state index contributed by atoms with van der Waals surface area (Å²) in [6.45, 7) is 1.71. The molecule has 6 heteroatoms. The number of cyclic esters (lactones) is 1. The number of nitrogens with zero attached hydrogens (tertiary/aromatic N) is 2. The summed E-state index contributed by atoms with van der Waals surface area (Å²) in [5, 5.41) is 9.13. The van der Waals surface area contributed by atoms with Gasteiger partial charge in [-0.25, -0.2) is 4.79 Å². The summed E-state index contributed by atoms with van der Waals surface area (Å²) in [4.78, 5) is 23.7. The van der Waals surface area contributed by atoms with Crippen LogP contribution < -0.4 is 4.90 Å². The van der Waals surface area contributed by atoms with Gasteiger partial charge in [0.1, 0.15) is 25.0 Å². The van der Waals surface area contributed by atoms with Crippen molar-refractivity contribution in [2.45, 2.75) is 13.0 Å². The van der Waals surface area contributed by atoms with E-state index in [1.165, 1.54) is 11.0 Å². The number of benzene rings is 1. The molecule has 1 amide bonds. The van der Waals surface area contributed by atoms with Crippen LogP contribution in [0.3, 0.4) is 0 Å². The molecule has 1 aromatic carbocycles. The van der Waals surface area contributed by atoms with Crippen LogP contribution in [0, 0.1) is 18.3 Å². The number of aldehydes is 1. The molecule has 0 radical (unpaired) electrons. The fourth-order valence-electron chi connectivity index (χ4n) is 1.84. The maximum atomic E-state index is 11.6. The van der Waals surface area contributed by atoms with Gasteiger partial charge in [0.25, 0.3) is 0 Å². The number of halogens is 1. The van der Waals surface area contributed by atoms with Crippen LogP contribution in [0.4, 0.5) is 10.5 Å². The van der Waals surface area contributed by atoms with Gasteiger partial charge in [-0.15, -0.1) is 0 Å². The van der Waals surface area contributed by atoms with E-state index < -0.39 is 12.1 Å². The molecule has 1 aliphatic heterocycles. The van der Waals surface area contributed by atoms with Crippen molar-refractivity contribution in [1.29, 1.82) is 5.26 Å². The number of carbonyl (C=O) groups is 2. The van der Waals surface area contributed by atoms with Gasteiger partial charge in [-0.05, 0) is 24.6 Å². The molecule has 1 heterocycles. The molecular weight excluding hydrogens is 256 g/mol. The second-order valence-electron chi connectivity index (χ2n) is 3.83. The van der Waals surface area contributed by atoms with E-state index in [0.717, 1.165) is 0 Å². The van der Waals surface area contributed by atoms with Crippen LogP contribution in [0.25, 0.3) is 0 Å². The average molecular weight is 265 g/mol. The fraction of sp³-hybridized carbons (Fsp3) is 0.250. The molecule has 0 saturated carbocycles. The first-order valence-electron chi connectivity index (χ1n) is 5.20. The van der Waals surface area contributed by atoms with Gasteiger partial charge >= 0.3 is 6.09 Å². The van der Waals surface area contributed by atoms with Gasteiger partial charge in [0.15, 0.2) is 0 Å². The first kappa shape index (κ1) is 12.4. The largest absolute Gasteiger partial charge is 0.446 e. The molecule has 0 bridgehead atoms. The highest BCUT2D eigenvalue weighted by Crippen LogP contribution is 2.32. The Morgan fingerprint density at radius 3 is 2.94 bits per heavy atom. The Balaban J connectivity index is 2.52. The van der Waals surface area contributed by atoms with Crippen molar-refractivity contribution in [2.24, 2.45) is 0 Å². The number of rotatable bonds is 2. The number of nitriles is 1. The summed E-state index contributed by atoms with van der Waals surface area (Å²) in [6.07, 6.45) is 0.0622. The van der Waals surface area contributed by atoms with Gasteiger partial charge in [-0.3, -0.25) is 4.90 Å². The van der Waals surface area contributed by atoms with E-state index in [4.69, 9.17) is 21.6 Å². The monoisotopic (exact) mass is 264 g/mol. The average Bonchev–Trinajstić information content (AvgIpc) is 2.74. The Morgan fingerprint density at radius 2 is 2.33 bits per heavy atom. The zero-order chi connectivity index (χ0) is 13.3. The number of hydrogen-bond acceptors (Lipinski definition) is 4. The number of anilines is 1. The minimum atomic E-state index is -0.653. The van der Waals surface area contributed by atoms with E-state index in [9.17, 15) is 9.59 Å². The minimum Gasteiger partial charge on any atom is -0.446 e. The zero-order valence-electron chi connectivity index (χ0n) is 9.51. The predicted molar refractivity (Wildman–Crippen MR) is 64.6 cm³/mol. The Kier molecular flexibility index (Phi) is 3.21. The SMILES string of the molecule is Cc1c(N2C(=O)OCC2C=O)ccc(C#N)c1Cl. The molecular formula is C12H9ClN2O3. The molecule has 1 aliphatic rings. The number of ether oxygens (including phenoxy) is 1. The van der Waals surface area contributed by atoms with Crippen molar-refractivity contribution >= 4 is 29.7 Å². The third-order valence-corrected chi connectivity index (χ3v) is 3.29. The second kappa shape index (κ2) is 4.67. The van der Waals surface area contributed by atoms with Crippen LogP contribution in [0.15, 0.2) is 12.1 Å². The van der Waals surface area contributed by atoms with Crippen LogP contribution >= 0.6 is 11.6 Å². The lowest BCUT2D eigenvalue weighted by molar-refractivity contribution is -0.108. The quantitative estimate of drug-likeness (QED) is 0.767. The van der Waals surface area contributed by atoms with Crippen LogP contribution in [0.2, 0.25) is 5.02 Å². The summed E-state index contributed by atoms with van der Waals surface area (Å²) in [5.74, 6) is 0. The van der Waals surface area contributed by atoms with Gasteiger partial charge in [0.05, 0.1) is 16.3 Å².